The lowest BCUT2D eigenvalue weighted by Gasteiger charge is -2.22. The second kappa shape index (κ2) is 4.46. The highest BCUT2D eigenvalue weighted by molar-refractivity contribution is 5.94. The molecule has 1 atom stereocenters. The molecular formula is C14H16N2O2. The van der Waals surface area contributed by atoms with Gasteiger partial charge in [0.2, 0.25) is 5.91 Å². The summed E-state index contributed by atoms with van der Waals surface area (Å²) in [6.07, 6.45) is 0. The Balaban J connectivity index is 1.73. The SMILES string of the molecule is CC(C(=O)NC1COc2ccccc21)=C1CNC1. The first-order valence-electron chi connectivity index (χ1n) is 6.17. The smallest absolute Gasteiger partial charge is 0.247 e. The standard InChI is InChI=1S/C14H16N2O2/c1-9(10-6-15-7-10)14(17)16-12-8-18-13-5-3-2-4-11(12)13/h2-5,12,15H,6-8H2,1H3,(H,16,17). The van der Waals surface area contributed by atoms with Crippen LogP contribution in [-0.4, -0.2) is 25.6 Å². The number of hydrogen-bond donors (Lipinski definition) is 2. The minimum absolute atomic E-state index is 0.0109. The van der Waals surface area contributed by atoms with E-state index in [-0.39, 0.29) is 11.9 Å². The van der Waals surface area contributed by atoms with Crippen LogP contribution in [0.15, 0.2) is 35.4 Å². The molecule has 94 valence electrons. The second-order valence-corrected chi connectivity index (χ2v) is 4.71. The van der Waals surface area contributed by atoms with E-state index in [0.717, 1.165) is 30.0 Å². The Kier molecular flexibility index (Phi) is 2.80. The maximum Gasteiger partial charge on any atom is 0.247 e. The van der Waals surface area contributed by atoms with E-state index in [0.29, 0.717) is 6.61 Å². The molecule has 0 bridgehead atoms. The molecule has 0 saturated carbocycles. The molecule has 4 heteroatoms. The van der Waals surface area contributed by atoms with Gasteiger partial charge in [-0.15, -0.1) is 0 Å². The molecule has 1 aromatic rings. The second-order valence-electron chi connectivity index (χ2n) is 4.71. The van der Waals surface area contributed by atoms with Gasteiger partial charge in [0, 0.05) is 24.2 Å². The predicted molar refractivity (Wildman–Crippen MR) is 68.4 cm³/mol. The fourth-order valence-corrected chi connectivity index (χ4v) is 2.22. The van der Waals surface area contributed by atoms with E-state index < -0.39 is 0 Å². The lowest BCUT2D eigenvalue weighted by molar-refractivity contribution is -0.118. The Labute approximate surface area is 106 Å². The number of para-hydroxylation sites is 1. The fourth-order valence-electron chi connectivity index (χ4n) is 2.22. The third-order valence-corrected chi connectivity index (χ3v) is 3.55. The average molecular weight is 244 g/mol. The summed E-state index contributed by atoms with van der Waals surface area (Å²) in [4.78, 5) is 12.1. The van der Waals surface area contributed by atoms with Gasteiger partial charge in [-0.3, -0.25) is 4.79 Å². The number of ether oxygens (including phenoxy) is 1. The van der Waals surface area contributed by atoms with Gasteiger partial charge in [-0.2, -0.15) is 0 Å². The quantitative estimate of drug-likeness (QED) is 0.767. The van der Waals surface area contributed by atoms with E-state index in [9.17, 15) is 4.79 Å². The Morgan fingerprint density at radius 1 is 1.39 bits per heavy atom. The van der Waals surface area contributed by atoms with Crippen molar-refractivity contribution in [3.8, 4) is 5.75 Å². The highest BCUT2D eigenvalue weighted by Gasteiger charge is 2.26. The minimum Gasteiger partial charge on any atom is -0.491 e. The van der Waals surface area contributed by atoms with Gasteiger partial charge in [0.25, 0.3) is 0 Å². The van der Waals surface area contributed by atoms with Crippen molar-refractivity contribution in [1.29, 1.82) is 0 Å². The summed E-state index contributed by atoms with van der Waals surface area (Å²) in [5.74, 6) is 0.884. The van der Waals surface area contributed by atoms with Crippen LogP contribution in [0.2, 0.25) is 0 Å². The van der Waals surface area contributed by atoms with Crippen molar-refractivity contribution in [1.82, 2.24) is 10.6 Å². The van der Waals surface area contributed by atoms with Crippen molar-refractivity contribution in [3.63, 3.8) is 0 Å². The normalized spacial score (nSPS) is 20.7. The topological polar surface area (TPSA) is 50.4 Å². The molecule has 0 spiro atoms. The van der Waals surface area contributed by atoms with Crippen molar-refractivity contribution in [2.24, 2.45) is 0 Å². The Morgan fingerprint density at radius 2 is 2.17 bits per heavy atom. The first-order chi connectivity index (χ1) is 8.75. The zero-order chi connectivity index (χ0) is 12.5. The van der Waals surface area contributed by atoms with E-state index in [1.807, 2.05) is 31.2 Å². The van der Waals surface area contributed by atoms with Crippen molar-refractivity contribution < 1.29 is 9.53 Å². The number of amides is 1. The molecule has 4 nitrogen and oxygen atoms in total. The van der Waals surface area contributed by atoms with Gasteiger partial charge in [0.15, 0.2) is 0 Å². The first kappa shape index (κ1) is 11.3. The van der Waals surface area contributed by atoms with Gasteiger partial charge in [0.05, 0.1) is 6.04 Å². The van der Waals surface area contributed by atoms with Crippen LogP contribution in [0.5, 0.6) is 5.75 Å². The molecule has 3 rings (SSSR count). The lowest BCUT2D eigenvalue weighted by Crippen LogP contribution is -2.38. The number of rotatable bonds is 2. The zero-order valence-corrected chi connectivity index (χ0v) is 10.3. The van der Waals surface area contributed by atoms with Crippen LogP contribution in [0.3, 0.4) is 0 Å². The van der Waals surface area contributed by atoms with Crippen molar-refractivity contribution in [2.45, 2.75) is 13.0 Å². The summed E-state index contributed by atoms with van der Waals surface area (Å²) in [5.41, 5.74) is 3.09. The van der Waals surface area contributed by atoms with Crippen LogP contribution in [0.4, 0.5) is 0 Å². The predicted octanol–water partition coefficient (Wildman–Crippen LogP) is 1.16. The molecule has 18 heavy (non-hydrogen) atoms. The number of benzene rings is 1. The van der Waals surface area contributed by atoms with Crippen molar-refractivity contribution in [2.75, 3.05) is 19.7 Å². The van der Waals surface area contributed by atoms with Gasteiger partial charge in [-0.1, -0.05) is 18.2 Å². The monoisotopic (exact) mass is 244 g/mol. The van der Waals surface area contributed by atoms with Gasteiger partial charge < -0.3 is 15.4 Å². The average Bonchev–Trinajstić information content (AvgIpc) is 2.70. The summed E-state index contributed by atoms with van der Waals surface area (Å²) in [6.45, 7) is 4.06. The van der Waals surface area contributed by atoms with E-state index in [2.05, 4.69) is 10.6 Å². The molecular weight excluding hydrogens is 228 g/mol. The maximum absolute atomic E-state index is 12.1. The van der Waals surface area contributed by atoms with Crippen molar-refractivity contribution >= 4 is 5.91 Å². The molecule has 0 aromatic heterocycles. The van der Waals surface area contributed by atoms with Crippen molar-refractivity contribution in [3.05, 3.63) is 41.0 Å². The van der Waals surface area contributed by atoms with Crippen LogP contribution >= 0.6 is 0 Å². The third-order valence-electron chi connectivity index (χ3n) is 3.55. The van der Waals surface area contributed by atoms with E-state index in [1.54, 1.807) is 0 Å². The van der Waals surface area contributed by atoms with E-state index in [4.69, 9.17) is 4.74 Å². The van der Waals surface area contributed by atoms with Crippen LogP contribution in [-0.2, 0) is 4.79 Å². The van der Waals surface area contributed by atoms with Gasteiger partial charge in [-0.25, -0.2) is 0 Å². The number of fused-ring (bicyclic) bond motifs is 1. The summed E-state index contributed by atoms with van der Waals surface area (Å²) < 4.78 is 5.55. The summed E-state index contributed by atoms with van der Waals surface area (Å²) in [6, 6.07) is 7.81. The molecule has 1 saturated heterocycles. The van der Waals surface area contributed by atoms with Crippen LogP contribution in [0.1, 0.15) is 18.5 Å². The summed E-state index contributed by atoms with van der Waals surface area (Å²) in [7, 11) is 0. The zero-order valence-electron chi connectivity index (χ0n) is 10.3. The van der Waals surface area contributed by atoms with Crippen LogP contribution < -0.4 is 15.4 Å². The highest BCUT2D eigenvalue weighted by Crippen LogP contribution is 2.31. The highest BCUT2D eigenvalue weighted by atomic mass is 16.5. The Hall–Kier alpha value is -1.81. The molecule has 1 unspecified atom stereocenters. The maximum atomic E-state index is 12.1. The molecule has 1 amide bonds. The molecule has 2 aliphatic heterocycles. The molecule has 2 aliphatic rings. The Morgan fingerprint density at radius 3 is 2.89 bits per heavy atom. The molecule has 2 N–H and O–H groups in total. The van der Waals surface area contributed by atoms with Crippen LogP contribution in [0.25, 0.3) is 0 Å². The van der Waals surface area contributed by atoms with Gasteiger partial charge >= 0.3 is 0 Å². The molecule has 1 fully saturated rings. The molecule has 2 heterocycles. The largest absolute Gasteiger partial charge is 0.491 e. The molecule has 0 aliphatic carbocycles. The fraction of sp³-hybridized carbons (Fsp3) is 0.357. The summed E-state index contributed by atoms with van der Waals surface area (Å²) in [5, 5.41) is 6.18. The first-order valence-corrected chi connectivity index (χ1v) is 6.17. The van der Waals surface area contributed by atoms with Gasteiger partial charge in [-0.05, 0) is 18.6 Å². The van der Waals surface area contributed by atoms with E-state index in [1.165, 1.54) is 5.57 Å². The summed E-state index contributed by atoms with van der Waals surface area (Å²) >= 11 is 0. The van der Waals surface area contributed by atoms with E-state index >= 15 is 0 Å². The third kappa shape index (κ3) is 1.88. The number of nitrogens with one attached hydrogen (secondary N) is 2. The number of carbonyl (C=O) groups excluding carboxylic acids is 1. The molecule has 0 radical (unpaired) electrons. The lowest BCUT2D eigenvalue weighted by atomic mass is 10.0. The minimum atomic E-state index is -0.0303. The number of carbonyl (C=O) groups is 1. The Bertz CT molecular complexity index is 516. The van der Waals surface area contributed by atoms with Gasteiger partial charge in [0.1, 0.15) is 12.4 Å². The van der Waals surface area contributed by atoms with Crippen LogP contribution in [0, 0.1) is 0 Å². The molecule has 1 aromatic carbocycles. The number of hydrogen-bond acceptors (Lipinski definition) is 3.